The Bertz CT molecular complexity index is 379. The van der Waals surface area contributed by atoms with Gasteiger partial charge in [0.25, 0.3) is 5.91 Å². The van der Waals surface area contributed by atoms with Crippen LogP contribution in [0.15, 0.2) is 18.2 Å². The number of aromatic hydroxyl groups is 1. The third kappa shape index (κ3) is 3.72. The lowest BCUT2D eigenvalue weighted by Gasteiger charge is -2.08. The van der Waals surface area contributed by atoms with E-state index in [-0.39, 0.29) is 17.2 Å². The van der Waals surface area contributed by atoms with Crippen molar-refractivity contribution in [1.82, 2.24) is 5.32 Å². The molecule has 0 saturated heterocycles. The van der Waals surface area contributed by atoms with Crippen molar-refractivity contribution in [2.24, 2.45) is 0 Å². The number of phenols is 1. The number of amides is 1. The van der Waals surface area contributed by atoms with Crippen LogP contribution in [0.4, 0.5) is 0 Å². The zero-order valence-corrected chi connectivity index (χ0v) is 9.66. The first-order chi connectivity index (χ1) is 7.50. The molecule has 5 heteroatoms. The van der Waals surface area contributed by atoms with Crippen LogP contribution >= 0.6 is 11.6 Å². The highest BCUT2D eigenvalue weighted by molar-refractivity contribution is 6.30. The summed E-state index contributed by atoms with van der Waals surface area (Å²) in [6.07, 6.45) is 0.0132. The van der Waals surface area contributed by atoms with Crippen molar-refractivity contribution in [3.8, 4) is 5.75 Å². The number of halogens is 1. The summed E-state index contributed by atoms with van der Waals surface area (Å²) in [7, 11) is 0. The van der Waals surface area contributed by atoms with Gasteiger partial charge in [0.15, 0.2) is 0 Å². The molecule has 0 aliphatic heterocycles. The van der Waals surface area contributed by atoms with E-state index < -0.39 is 6.10 Å². The second-order valence-electron chi connectivity index (χ2n) is 3.56. The van der Waals surface area contributed by atoms with Gasteiger partial charge in [0.2, 0.25) is 0 Å². The molecule has 0 aliphatic rings. The number of aliphatic hydroxyl groups excluding tert-OH is 1. The fourth-order valence-electron chi connectivity index (χ4n) is 1.19. The summed E-state index contributed by atoms with van der Waals surface area (Å²) < 4.78 is 0. The van der Waals surface area contributed by atoms with Crippen molar-refractivity contribution < 1.29 is 15.0 Å². The molecule has 0 aromatic heterocycles. The Kier molecular flexibility index (Phi) is 4.58. The van der Waals surface area contributed by atoms with Gasteiger partial charge in [-0.3, -0.25) is 4.79 Å². The first-order valence-corrected chi connectivity index (χ1v) is 5.33. The van der Waals surface area contributed by atoms with E-state index in [2.05, 4.69) is 5.32 Å². The molecular formula is C11H14ClNO3. The first-order valence-electron chi connectivity index (χ1n) is 4.95. The second kappa shape index (κ2) is 5.72. The van der Waals surface area contributed by atoms with Crippen LogP contribution in [0.2, 0.25) is 5.02 Å². The monoisotopic (exact) mass is 243 g/mol. The summed E-state index contributed by atoms with van der Waals surface area (Å²) >= 11 is 5.64. The van der Waals surface area contributed by atoms with Crippen LogP contribution in [0.3, 0.4) is 0 Å². The Labute approximate surface area is 98.9 Å². The molecule has 0 spiro atoms. The van der Waals surface area contributed by atoms with Crippen LogP contribution in [0.1, 0.15) is 23.7 Å². The first kappa shape index (κ1) is 12.8. The smallest absolute Gasteiger partial charge is 0.255 e. The normalized spacial score (nSPS) is 12.2. The minimum absolute atomic E-state index is 0.151. The number of aliphatic hydroxyl groups is 1. The fraction of sp³-hybridized carbons (Fsp3) is 0.364. The van der Waals surface area contributed by atoms with Gasteiger partial charge in [0.1, 0.15) is 5.75 Å². The Balaban J connectivity index is 2.59. The van der Waals surface area contributed by atoms with Crippen molar-refractivity contribution in [3.05, 3.63) is 28.8 Å². The van der Waals surface area contributed by atoms with Crippen LogP contribution in [0.5, 0.6) is 5.75 Å². The summed E-state index contributed by atoms with van der Waals surface area (Å²) in [6, 6.07) is 4.30. The van der Waals surface area contributed by atoms with E-state index in [1.165, 1.54) is 18.2 Å². The number of phenolic OH excluding ortho intramolecular Hbond substituents is 1. The molecule has 1 aromatic rings. The molecule has 0 saturated carbocycles. The quantitative estimate of drug-likeness (QED) is 0.752. The van der Waals surface area contributed by atoms with Crippen molar-refractivity contribution in [1.29, 1.82) is 0 Å². The number of hydrogen-bond donors (Lipinski definition) is 3. The largest absolute Gasteiger partial charge is 0.507 e. The van der Waals surface area contributed by atoms with Gasteiger partial charge in [-0.15, -0.1) is 0 Å². The summed E-state index contributed by atoms with van der Waals surface area (Å²) in [5.74, 6) is -0.531. The molecule has 1 amide bonds. The zero-order valence-electron chi connectivity index (χ0n) is 8.90. The molecule has 0 aliphatic carbocycles. The van der Waals surface area contributed by atoms with Crippen LogP contribution in [0, 0.1) is 0 Å². The predicted octanol–water partition coefficient (Wildman–Crippen LogP) is 1.55. The number of benzene rings is 1. The lowest BCUT2D eigenvalue weighted by atomic mass is 10.2. The Morgan fingerprint density at radius 1 is 1.56 bits per heavy atom. The number of hydrogen-bond acceptors (Lipinski definition) is 3. The molecule has 3 N–H and O–H groups in total. The van der Waals surface area contributed by atoms with Gasteiger partial charge >= 0.3 is 0 Å². The molecule has 1 rings (SSSR count). The van der Waals surface area contributed by atoms with E-state index in [0.717, 1.165) is 0 Å². The lowest BCUT2D eigenvalue weighted by Crippen LogP contribution is -2.26. The van der Waals surface area contributed by atoms with E-state index in [1.807, 2.05) is 0 Å². The van der Waals surface area contributed by atoms with Crippen LogP contribution < -0.4 is 5.32 Å². The molecule has 1 unspecified atom stereocenters. The fourth-order valence-corrected chi connectivity index (χ4v) is 1.35. The van der Waals surface area contributed by atoms with E-state index in [0.29, 0.717) is 18.0 Å². The molecule has 16 heavy (non-hydrogen) atoms. The van der Waals surface area contributed by atoms with Crippen molar-refractivity contribution in [2.45, 2.75) is 19.4 Å². The van der Waals surface area contributed by atoms with Crippen molar-refractivity contribution in [2.75, 3.05) is 6.54 Å². The highest BCUT2D eigenvalue weighted by Crippen LogP contribution is 2.21. The highest BCUT2D eigenvalue weighted by Gasteiger charge is 2.10. The maximum absolute atomic E-state index is 11.6. The second-order valence-corrected chi connectivity index (χ2v) is 3.99. The molecule has 0 bridgehead atoms. The average Bonchev–Trinajstić information content (AvgIpc) is 2.16. The number of carbonyl (C=O) groups excluding carboxylic acids is 1. The van der Waals surface area contributed by atoms with E-state index >= 15 is 0 Å². The molecule has 1 atom stereocenters. The predicted molar refractivity (Wildman–Crippen MR) is 61.7 cm³/mol. The highest BCUT2D eigenvalue weighted by atomic mass is 35.5. The topological polar surface area (TPSA) is 69.6 Å². The minimum Gasteiger partial charge on any atom is -0.507 e. The average molecular weight is 244 g/mol. The third-order valence-corrected chi connectivity index (χ3v) is 2.29. The van der Waals surface area contributed by atoms with Crippen LogP contribution in [-0.2, 0) is 0 Å². The molecule has 0 radical (unpaired) electrons. The maximum Gasteiger partial charge on any atom is 0.255 e. The number of nitrogens with one attached hydrogen (secondary N) is 1. The SMILES string of the molecule is CC(O)CCNC(=O)c1ccc(Cl)cc1O. The number of carbonyl (C=O) groups is 1. The van der Waals surface area contributed by atoms with Gasteiger partial charge in [0.05, 0.1) is 11.7 Å². The number of rotatable bonds is 4. The summed E-state index contributed by atoms with van der Waals surface area (Å²) in [5.41, 5.74) is 0.176. The molecule has 4 nitrogen and oxygen atoms in total. The minimum atomic E-state index is -0.459. The summed E-state index contributed by atoms with van der Waals surface area (Å²) in [5, 5.41) is 21.4. The van der Waals surface area contributed by atoms with Crippen LogP contribution in [-0.4, -0.2) is 28.8 Å². The van der Waals surface area contributed by atoms with E-state index in [1.54, 1.807) is 6.92 Å². The van der Waals surface area contributed by atoms with Crippen molar-refractivity contribution in [3.63, 3.8) is 0 Å². The van der Waals surface area contributed by atoms with E-state index in [4.69, 9.17) is 16.7 Å². The molecule has 1 aromatic carbocycles. The van der Waals surface area contributed by atoms with Gasteiger partial charge in [-0.05, 0) is 31.5 Å². The van der Waals surface area contributed by atoms with Gasteiger partial charge in [-0.1, -0.05) is 11.6 Å². The lowest BCUT2D eigenvalue weighted by molar-refractivity contribution is 0.0943. The van der Waals surface area contributed by atoms with Gasteiger partial charge in [0, 0.05) is 11.6 Å². The third-order valence-electron chi connectivity index (χ3n) is 2.05. The molecular weight excluding hydrogens is 230 g/mol. The summed E-state index contributed by atoms with van der Waals surface area (Å²) in [6.45, 7) is 2.00. The van der Waals surface area contributed by atoms with Crippen LogP contribution in [0.25, 0.3) is 0 Å². The standard InChI is InChI=1S/C11H14ClNO3/c1-7(14)4-5-13-11(16)9-3-2-8(12)6-10(9)15/h2-3,6-7,14-15H,4-5H2,1H3,(H,13,16). The van der Waals surface area contributed by atoms with Crippen molar-refractivity contribution >= 4 is 17.5 Å². The molecule has 0 heterocycles. The maximum atomic E-state index is 11.6. The zero-order chi connectivity index (χ0) is 12.1. The Morgan fingerprint density at radius 2 is 2.25 bits per heavy atom. The Morgan fingerprint density at radius 3 is 2.81 bits per heavy atom. The van der Waals surface area contributed by atoms with Gasteiger partial charge < -0.3 is 15.5 Å². The molecule has 0 fully saturated rings. The summed E-state index contributed by atoms with van der Waals surface area (Å²) in [4.78, 5) is 11.6. The molecule has 88 valence electrons. The Hall–Kier alpha value is -1.26. The van der Waals surface area contributed by atoms with Gasteiger partial charge in [-0.25, -0.2) is 0 Å². The van der Waals surface area contributed by atoms with Gasteiger partial charge in [-0.2, -0.15) is 0 Å². The van der Waals surface area contributed by atoms with E-state index in [9.17, 15) is 9.90 Å².